The summed E-state index contributed by atoms with van der Waals surface area (Å²) in [6.07, 6.45) is 0.646. The molecule has 0 aliphatic heterocycles. The van der Waals surface area contributed by atoms with E-state index in [9.17, 15) is 10.2 Å². The van der Waals surface area contributed by atoms with E-state index in [4.69, 9.17) is 5.11 Å². The van der Waals surface area contributed by atoms with Crippen LogP contribution in [0.1, 0.15) is 45.7 Å². The highest BCUT2D eigenvalue weighted by Crippen LogP contribution is 2.30. The smallest absolute Gasteiger partial charge is 0.120 e. The molecule has 4 nitrogen and oxygen atoms in total. The summed E-state index contributed by atoms with van der Waals surface area (Å²) in [6.45, 7) is 8.37. The highest BCUT2D eigenvalue weighted by atomic mass is 16.3. The van der Waals surface area contributed by atoms with E-state index in [-0.39, 0.29) is 35.6 Å². The standard InChI is InChI=1S/C15H25NO3/c1-10(12-9-11(18)5-6-13(12)19)16-14(7-8-17)15(2,3)4/h5-6,9-10,14,16-19H,7-8H2,1-4H3. The first-order valence-corrected chi connectivity index (χ1v) is 6.64. The van der Waals surface area contributed by atoms with Gasteiger partial charge < -0.3 is 20.6 Å². The second kappa shape index (κ2) is 6.26. The fraction of sp³-hybridized carbons (Fsp3) is 0.600. The summed E-state index contributed by atoms with van der Waals surface area (Å²) in [5.74, 6) is 0.297. The lowest BCUT2D eigenvalue weighted by Gasteiger charge is -2.34. The van der Waals surface area contributed by atoms with E-state index in [0.717, 1.165) is 0 Å². The largest absolute Gasteiger partial charge is 0.508 e. The second-order valence-corrected chi connectivity index (χ2v) is 6.06. The predicted octanol–water partition coefficient (Wildman–Crippen LogP) is 2.55. The molecule has 2 atom stereocenters. The minimum atomic E-state index is -0.108. The van der Waals surface area contributed by atoms with Gasteiger partial charge in [-0.3, -0.25) is 0 Å². The van der Waals surface area contributed by atoms with Crippen LogP contribution in [0.2, 0.25) is 0 Å². The van der Waals surface area contributed by atoms with Crippen molar-refractivity contribution >= 4 is 0 Å². The van der Waals surface area contributed by atoms with Crippen molar-refractivity contribution in [3.8, 4) is 11.5 Å². The molecule has 4 N–H and O–H groups in total. The number of hydrogen-bond donors (Lipinski definition) is 4. The molecule has 2 unspecified atom stereocenters. The van der Waals surface area contributed by atoms with E-state index in [0.29, 0.717) is 12.0 Å². The van der Waals surface area contributed by atoms with Gasteiger partial charge in [-0.2, -0.15) is 0 Å². The zero-order valence-corrected chi connectivity index (χ0v) is 12.1. The third kappa shape index (κ3) is 4.40. The first kappa shape index (κ1) is 15.8. The number of hydrogen-bond acceptors (Lipinski definition) is 4. The molecule has 0 spiro atoms. The Hall–Kier alpha value is -1.26. The summed E-state index contributed by atoms with van der Waals surface area (Å²) < 4.78 is 0. The van der Waals surface area contributed by atoms with Crippen LogP contribution < -0.4 is 5.32 Å². The van der Waals surface area contributed by atoms with Crippen molar-refractivity contribution in [3.05, 3.63) is 23.8 Å². The van der Waals surface area contributed by atoms with Gasteiger partial charge in [-0.25, -0.2) is 0 Å². The van der Waals surface area contributed by atoms with E-state index in [1.807, 2.05) is 6.92 Å². The van der Waals surface area contributed by atoms with Crippen molar-refractivity contribution in [2.45, 2.75) is 46.2 Å². The Morgan fingerprint density at radius 2 is 1.84 bits per heavy atom. The fourth-order valence-corrected chi connectivity index (χ4v) is 2.18. The Morgan fingerprint density at radius 1 is 1.21 bits per heavy atom. The van der Waals surface area contributed by atoms with Crippen LogP contribution >= 0.6 is 0 Å². The Labute approximate surface area is 115 Å². The van der Waals surface area contributed by atoms with Crippen LogP contribution in [0.3, 0.4) is 0 Å². The summed E-state index contributed by atoms with van der Waals surface area (Å²) in [5, 5.41) is 31.9. The summed E-state index contributed by atoms with van der Waals surface area (Å²) in [4.78, 5) is 0. The van der Waals surface area contributed by atoms with Gasteiger partial charge in [-0.1, -0.05) is 20.8 Å². The van der Waals surface area contributed by atoms with Gasteiger partial charge in [0.05, 0.1) is 0 Å². The van der Waals surface area contributed by atoms with Crippen molar-refractivity contribution in [2.24, 2.45) is 5.41 Å². The van der Waals surface area contributed by atoms with Gasteiger partial charge in [0.15, 0.2) is 0 Å². The molecule has 0 heterocycles. The normalized spacial score (nSPS) is 15.2. The van der Waals surface area contributed by atoms with Gasteiger partial charge in [-0.15, -0.1) is 0 Å². The zero-order chi connectivity index (χ0) is 14.6. The first-order chi connectivity index (χ1) is 8.75. The molecule has 1 rings (SSSR count). The number of phenolic OH excluding ortho intramolecular Hbond substituents is 2. The highest BCUT2D eigenvalue weighted by Gasteiger charge is 2.26. The Balaban J connectivity index is 2.87. The zero-order valence-electron chi connectivity index (χ0n) is 12.1. The number of aliphatic hydroxyl groups excluding tert-OH is 1. The maximum Gasteiger partial charge on any atom is 0.120 e. The molecule has 1 aromatic rings. The molecule has 0 radical (unpaired) electrons. The monoisotopic (exact) mass is 267 g/mol. The van der Waals surface area contributed by atoms with Crippen molar-refractivity contribution in [3.63, 3.8) is 0 Å². The van der Waals surface area contributed by atoms with Crippen LogP contribution in [-0.2, 0) is 0 Å². The lowest BCUT2D eigenvalue weighted by atomic mass is 9.84. The van der Waals surface area contributed by atoms with Crippen LogP contribution in [0.4, 0.5) is 0 Å². The van der Waals surface area contributed by atoms with Gasteiger partial charge >= 0.3 is 0 Å². The topological polar surface area (TPSA) is 72.7 Å². The van der Waals surface area contributed by atoms with E-state index >= 15 is 0 Å². The molecule has 0 aromatic heterocycles. The Bertz CT molecular complexity index is 412. The molecule has 0 aliphatic rings. The van der Waals surface area contributed by atoms with E-state index < -0.39 is 0 Å². The van der Waals surface area contributed by atoms with Crippen LogP contribution in [0.15, 0.2) is 18.2 Å². The van der Waals surface area contributed by atoms with Crippen LogP contribution in [0.5, 0.6) is 11.5 Å². The Morgan fingerprint density at radius 3 is 2.37 bits per heavy atom. The molecule has 0 bridgehead atoms. The van der Waals surface area contributed by atoms with Gasteiger partial charge in [0.25, 0.3) is 0 Å². The van der Waals surface area contributed by atoms with Crippen LogP contribution in [-0.4, -0.2) is 28.0 Å². The summed E-state index contributed by atoms with van der Waals surface area (Å²) in [6, 6.07) is 4.52. The number of aromatic hydroxyl groups is 2. The predicted molar refractivity (Wildman–Crippen MR) is 76.3 cm³/mol. The van der Waals surface area contributed by atoms with Crippen LogP contribution in [0.25, 0.3) is 0 Å². The molecule has 0 aliphatic carbocycles. The number of rotatable bonds is 5. The quantitative estimate of drug-likeness (QED) is 0.619. The Kier molecular flexibility index (Phi) is 5.20. The number of benzene rings is 1. The average molecular weight is 267 g/mol. The van der Waals surface area contributed by atoms with Gasteiger partial charge in [-0.05, 0) is 37.0 Å². The molecule has 4 heteroatoms. The molecular formula is C15H25NO3. The maximum absolute atomic E-state index is 9.85. The van der Waals surface area contributed by atoms with Crippen molar-refractivity contribution in [1.29, 1.82) is 0 Å². The molecule has 108 valence electrons. The third-order valence-corrected chi connectivity index (χ3v) is 3.39. The van der Waals surface area contributed by atoms with Crippen LogP contribution in [0, 0.1) is 5.41 Å². The van der Waals surface area contributed by atoms with Crippen molar-refractivity contribution in [2.75, 3.05) is 6.61 Å². The second-order valence-electron chi connectivity index (χ2n) is 6.06. The van der Waals surface area contributed by atoms with E-state index in [2.05, 4.69) is 26.1 Å². The average Bonchev–Trinajstić information content (AvgIpc) is 2.30. The van der Waals surface area contributed by atoms with E-state index in [1.165, 1.54) is 12.1 Å². The van der Waals surface area contributed by atoms with E-state index in [1.54, 1.807) is 6.07 Å². The number of nitrogens with one attached hydrogen (secondary N) is 1. The third-order valence-electron chi connectivity index (χ3n) is 3.39. The summed E-state index contributed by atoms with van der Waals surface area (Å²) in [7, 11) is 0. The SMILES string of the molecule is CC(NC(CCO)C(C)(C)C)c1cc(O)ccc1O. The van der Waals surface area contributed by atoms with Crippen molar-refractivity contribution in [1.82, 2.24) is 5.32 Å². The molecular weight excluding hydrogens is 242 g/mol. The maximum atomic E-state index is 9.85. The van der Waals surface area contributed by atoms with Crippen molar-refractivity contribution < 1.29 is 15.3 Å². The summed E-state index contributed by atoms with van der Waals surface area (Å²) in [5.41, 5.74) is 0.663. The number of aliphatic hydroxyl groups is 1. The molecule has 0 saturated carbocycles. The summed E-state index contributed by atoms with van der Waals surface area (Å²) >= 11 is 0. The fourth-order valence-electron chi connectivity index (χ4n) is 2.18. The van der Waals surface area contributed by atoms with Gasteiger partial charge in [0.2, 0.25) is 0 Å². The minimum Gasteiger partial charge on any atom is -0.508 e. The first-order valence-electron chi connectivity index (χ1n) is 6.64. The van der Waals surface area contributed by atoms with Gasteiger partial charge in [0.1, 0.15) is 11.5 Å². The molecule has 0 saturated heterocycles. The highest BCUT2D eigenvalue weighted by molar-refractivity contribution is 5.40. The lowest BCUT2D eigenvalue weighted by molar-refractivity contribution is 0.187. The lowest BCUT2D eigenvalue weighted by Crippen LogP contribution is -2.42. The molecule has 0 amide bonds. The van der Waals surface area contributed by atoms with Gasteiger partial charge in [0, 0.05) is 24.3 Å². The molecule has 0 fully saturated rings. The minimum absolute atomic E-state index is 0.00341. The molecule has 19 heavy (non-hydrogen) atoms. The number of phenols is 2. The molecule has 1 aromatic carbocycles.